The largest absolute Gasteiger partial charge is 0.353 e. The van der Waals surface area contributed by atoms with Gasteiger partial charge in [0.05, 0.1) is 0 Å². The fraction of sp³-hybridized carbons (Fsp3) is 0.611. The minimum Gasteiger partial charge on any atom is -0.353 e. The lowest BCUT2D eigenvalue weighted by molar-refractivity contribution is -0.126. The summed E-state index contributed by atoms with van der Waals surface area (Å²) in [6, 6.07) is 4.38. The first kappa shape index (κ1) is 16.6. The zero-order chi connectivity index (χ0) is 17.1. The Hall–Kier alpha value is -1.89. The van der Waals surface area contributed by atoms with E-state index in [4.69, 9.17) is 0 Å². The first-order chi connectivity index (χ1) is 12.3. The molecule has 1 saturated heterocycles. The highest BCUT2D eigenvalue weighted by Crippen LogP contribution is 2.28. The highest BCUT2D eigenvalue weighted by molar-refractivity contribution is 7.17. The van der Waals surface area contributed by atoms with Gasteiger partial charge in [-0.3, -0.25) is 9.36 Å². The molecule has 2 aromatic rings. The van der Waals surface area contributed by atoms with Crippen LogP contribution in [0.3, 0.4) is 0 Å². The van der Waals surface area contributed by atoms with E-state index in [1.807, 2.05) is 29.1 Å². The van der Waals surface area contributed by atoms with Crippen LogP contribution in [0, 0.1) is 5.92 Å². The van der Waals surface area contributed by atoms with Crippen molar-refractivity contribution in [2.75, 3.05) is 18.0 Å². The Kier molecular flexibility index (Phi) is 5.01. The van der Waals surface area contributed by atoms with Gasteiger partial charge in [-0.2, -0.15) is 0 Å². The van der Waals surface area contributed by atoms with Crippen molar-refractivity contribution in [2.45, 2.75) is 51.0 Å². The zero-order valence-corrected chi connectivity index (χ0v) is 15.2. The second-order valence-electron chi connectivity index (χ2n) is 7.06. The Morgan fingerprint density at radius 1 is 1.00 bits per heavy atom. The second kappa shape index (κ2) is 7.56. The highest BCUT2D eigenvalue weighted by Gasteiger charge is 2.28. The van der Waals surface area contributed by atoms with Gasteiger partial charge in [0.25, 0.3) is 0 Å². The Bertz CT molecular complexity index is 684. The molecule has 25 heavy (non-hydrogen) atoms. The van der Waals surface area contributed by atoms with Gasteiger partial charge in [-0.15, -0.1) is 10.2 Å². The molecule has 0 bridgehead atoms. The van der Waals surface area contributed by atoms with Crippen molar-refractivity contribution in [3.8, 4) is 5.13 Å². The van der Waals surface area contributed by atoms with Crippen LogP contribution in [0.15, 0.2) is 24.5 Å². The van der Waals surface area contributed by atoms with Crippen LogP contribution in [0.5, 0.6) is 0 Å². The minimum atomic E-state index is 0.148. The molecule has 0 radical (unpaired) electrons. The van der Waals surface area contributed by atoms with E-state index in [9.17, 15) is 4.79 Å². The summed E-state index contributed by atoms with van der Waals surface area (Å²) >= 11 is 1.60. The second-order valence-corrected chi connectivity index (χ2v) is 8.00. The highest BCUT2D eigenvalue weighted by atomic mass is 32.1. The summed E-state index contributed by atoms with van der Waals surface area (Å²) in [5.74, 6) is 0.409. The number of hydrogen-bond acceptors (Lipinski definition) is 5. The molecule has 7 heteroatoms. The maximum atomic E-state index is 12.5. The molecule has 6 nitrogen and oxygen atoms in total. The average Bonchev–Trinajstić information content (AvgIpc) is 3.34. The van der Waals surface area contributed by atoms with Gasteiger partial charge in [-0.05, 0) is 37.8 Å². The summed E-state index contributed by atoms with van der Waals surface area (Å²) in [6.07, 6.45) is 11.9. The molecule has 0 unspecified atom stereocenters. The number of piperidine rings is 1. The number of hydrogen-bond donors (Lipinski definition) is 1. The minimum absolute atomic E-state index is 0.148. The topological polar surface area (TPSA) is 63.1 Å². The predicted molar refractivity (Wildman–Crippen MR) is 99.2 cm³/mol. The summed E-state index contributed by atoms with van der Waals surface area (Å²) in [5, 5.41) is 13.7. The van der Waals surface area contributed by atoms with Gasteiger partial charge in [0.1, 0.15) is 0 Å². The monoisotopic (exact) mass is 359 g/mol. The Morgan fingerprint density at radius 3 is 2.40 bits per heavy atom. The van der Waals surface area contributed by atoms with Gasteiger partial charge >= 0.3 is 0 Å². The molecule has 1 saturated carbocycles. The summed E-state index contributed by atoms with van der Waals surface area (Å²) in [5.41, 5.74) is 0. The normalized spacial score (nSPS) is 19.9. The van der Waals surface area contributed by atoms with Gasteiger partial charge < -0.3 is 10.2 Å². The number of rotatable bonds is 4. The number of nitrogens with zero attached hydrogens (tertiary/aromatic N) is 4. The average molecular weight is 359 g/mol. The van der Waals surface area contributed by atoms with Crippen molar-refractivity contribution in [3.05, 3.63) is 24.5 Å². The Labute approximate surface area is 152 Å². The van der Waals surface area contributed by atoms with Gasteiger partial charge in [-0.25, -0.2) is 0 Å². The predicted octanol–water partition coefficient (Wildman–Crippen LogP) is 2.99. The molecule has 0 atom stereocenters. The SMILES string of the molecule is O=C(NC1CCCCC1)C1CCN(c2nnc(-n3cccc3)s2)CC1. The molecule has 1 aliphatic heterocycles. The van der Waals surface area contributed by atoms with E-state index in [-0.39, 0.29) is 11.8 Å². The molecular weight excluding hydrogens is 334 g/mol. The Balaban J connectivity index is 1.30. The zero-order valence-electron chi connectivity index (χ0n) is 14.4. The number of carbonyl (C=O) groups excluding carboxylic acids is 1. The van der Waals surface area contributed by atoms with Crippen LogP contribution in [0.1, 0.15) is 44.9 Å². The molecule has 1 N–H and O–H groups in total. The van der Waals surface area contributed by atoms with Gasteiger partial charge in [0.2, 0.25) is 16.2 Å². The van der Waals surface area contributed by atoms with E-state index in [1.54, 1.807) is 11.3 Å². The third-order valence-electron chi connectivity index (χ3n) is 5.32. The third kappa shape index (κ3) is 3.86. The number of anilines is 1. The van der Waals surface area contributed by atoms with E-state index in [2.05, 4.69) is 20.4 Å². The molecule has 4 rings (SSSR count). The summed E-state index contributed by atoms with van der Waals surface area (Å²) < 4.78 is 1.98. The van der Waals surface area contributed by atoms with Crippen LogP contribution < -0.4 is 10.2 Å². The number of aromatic nitrogens is 3. The third-order valence-corrected chi connectivity index (χ3v) is 6.31. The molecule has 1 amide bonds. The van der Waals surface area contributed by atoms with E-state index >= 15 is 0 Å². The van der Waals surface area contributed by atoms with Crippen molar-refractivity contribution in [1.29, 1.82) is 0 Å². The molecule has 2 aromatic heterocycles. The molecule has 3 heterocycles. The van der Waals surface area contributed by atoms with Crippen LogP contribution in [0.4, 0.5) is 5.13 Å². The molecule has 134 valence electrons. The van der Waals surface area contributed by atoms with E-state index in [1.165, 1.54) is 19.3 Å². The number of carbonyl (C=O) groups is 1. The molecule has 0 aromatic carbocycles. The summed E-state index contributed by atoms with van der Waals surface area (Å²) in [6.45, 7) is 1.76. The van der Waals surface area contributed by atoms with E-state index < -0.39 is 0 Å². The van der Waals surface area contributed by atoms with Crippen molar-refractivity contribution in [1.82, 2.24) is 20.1 Å². The first-order valence-electron chi connectivity index (χ1n) is 9.32. The van der Waals surface area contributed by atoms with Crippen molar-refractivity contribution in [3.63, 3.8) is 0 Å². The number of nitrogens with one attached hydrogen (secondary N) is 1. The van der Waals surface area contributed by atoms with Crippen LogP contribution >= 0.6 is 11.3 Å². The lowest BCUT2D eigenvalue weighted by Crippen LogP contribution is -2.44. The standard InChI is InChI=1S/C18H25N5OS/c24-16(19-15-6-2-1-3-7-15)14-8-12-23(13-9-14)18-21-20-17(25-18)22-10-4-5-11-22/h4-5,10-11,14-15H,1-3,6-9,12-13H2,(H,19,24). The smallest absolute Gasteiger partial charge is 0.223 e. The first-order valence-corrected chi connectivity index (χ1v) is 10.1. The maximum absolute atomic E-state index is 12.5. The van der Waals surface area contributed by atoms with Gasteiger partial charge in [0, 0.05) is 37.4 Å². The molecule has 1 aliphatic carbocycles. The van der Waals surface area contributed by atoms with Crippen molar-refractivity contribution < 1.29 is 4.79 Å². The quantitative estimate of drug-likeness (QED) is 0.911. The summed E-state index contributed by atoms with van der Waals surface area (Å²) in [4.78, 5) is 14.8. The number of amides is 1. The molecule has 2 aliphatic rings. The van der Waals surface area contributed by atoms with Crippen LogP contribution in [0.2, 0.25) is 0 Å². The Morgan fingerprint density at radius 2 is 1.68 bits per heavy atom. The van der Waals surface area contributed by atoms with Crippen LogP contribution in [0.25, 0.3) is 5.13 Å². The van der Waals surface area contributed by atoms with Crippen LogP contribution in [-0.2, 0) is 4.79 Å². The molecule has 0 spiro atoms. The van der Waals surface area contributed by atoms with E-state index in [0.29, 0.717) is 6.04 Å². The van der Waals surface area contributed by atoms with Gasteiger partial charge in [-0.1, -0.05) is 30.6 Å². The fourth-order valence-corrected chi connectivity index (χ4v) is 4.67. The lowest BCUT2D eigenvalue weighted by atomic mass is 9.92. The maximum Gasteiger partial charge on any atom is 0.223 e. The van der Waals surface area contributed by atoms with Crippen molar-refractivity contribution >= 4 is 22.4 Å². The van der Waals surface area contributed by atoms with Gasteiger partial charge in [0.15, 0.2) is 0 Å². The van der Waals surface area contributed by atoms with E-state index in [0.717, 1.165) is 49.0 Å². The lowest BCUT2D eigenvalue weighted by Gasteiger charge is -2.32. The molecular formula is C18H25N5OS. The fourth-order valence-electron chi connectivity index (χ4n) is 3.80. The van der Waals surface area contributed by atoms with Crippen molar-refractivity contribution in [2.24, 2.45) is 5.92 Å². The summed E-state index contributed by atoms with van der Waals surface area (Å²) in [7, 11) is 0. The molecule has 2 fully saturated rings. The van der Waals surface area contributed by atoms with Crippen LogP contribution in [-0.4, -0.2) is 39.8 Å².